The third-order valence-electron chi connectivity index (χ3n) is 5.04. The Morgan fingerprint density at radius 1 is 1.03 bits per heavy atom. The van der Waals surface area contributed by atoms with E-state index in [2.05, 4.69) is 4.99 Å². The normalized spacial score (nSPS) is 16.8. The van der Waals surface area contributed by atoms with Gasteiger partial charge in [-0.2, -0.15) is 0 Å². The van der Waals surface area contributed by atoms with Crippen molar-refractivity contribution < 1.29 is 34.2 Å². The van der Waals surface area contributed by atoms with Crippen LogP contribution < -0.4 is 34.4 Å². The number of rotatable bonds is 15. The Kier molecular flexibility index (Phi) is 10.4. The number of nitrogens with zero attached hydrogens (tertiary/aromatic N) is 1. The summed E-state index contributed by atoms with van der Waals surface area (Å²) in [6, 6.07) is -2.98. The molecule has 0 aliphatic rings. The second-order valence-corrected chi connectivity index (χ2v) is 7.34. The molecule has 0 rings (SSSR count). The minimum absolute atomic E-state index is 0.0969. The highest BCUT2D eigenvalue weighted by Crippen LogP contribution is 2.37. The molecular formula is C17H31N7O7. The van der Waals surface area contributed by atoms with Gasteiger partial charge in [-0.05, 0) is 19.8 Å². The molecule has 0 saturated heterocycles. The average Bonchev–Trinajstić information content (AvgIpc) is 2.67. The summed E-state index contributed by atoms with van der Waals surface area (Å²) in [4.78, 5) is 64.7. The molecule has 14 N–H and O–H groups in total. The number of Topliss-reactive ketones (excluding diaryl/α,β-unsaturated/α-hetero) is 3. The molecule has 0 aromatic carbocycles. The molecule has 0 aromatic heterocycles. The number of nitrogens with two attached hydrogens (primary N) is 6. The van der Waals surface area contributed by atoms with E-state index >= 15 is 0 Å². The van der Waals surface area contributed by atoms with Gasteiger partial charge in [0.15, 0.2) is 28.8 Å². The van der Waals surface area contributed by atoms with Crippen LogP contribution in [0.3, 0.4) is 0 Å². The molecule has 0 aliphatic carbocycles. The second kappa shape index (κ2) is 11.5. The van der Waals surface area contributed by atoms with Crippen molar-refractivity contribution in [2.45, 2.75) is 50.2 Å². The highest BCUT2D eigenvalue weighted by Gasteiger charge is 2.61. The first-order chi connectivity index (χ1) is 14.1. The molecule has 0 aliphatic heterocycles. The van der Waals surface area contributed by atoms with Crippen molar-refractivity contribution in [3.05, 3.63) is 0 Å². The van der Waals surface area contributed by atoms with Gasteiger partial charge in [-0.15, -0.1) is 0 Å². The Labute approximate surface area is 178 Å². The second-order valence-electron chi connectivity index (χ2n) is 7.34. The number of carboxylic acids is 2. The topological polar surface area (TPSA) is 294 Å². The van der Waals surface area contributed by atoms with Gasteiger partial charge in [-0.25, -0.2) is 4.79 Å². The fraction of sp³-hybridized carbons (Fsp3) is 0.647. The molecule has 31 heavy (non-hydrogen) atoms. The number of ketones is 3. The summed E-state index contributed by atoms with van der Waals surface area (Å²) in [5.74, 6) is -6.79. The summed E-state index contributed by atoms with van der Waals surface area (Å²) in [7, 11) is 0. The van der Waals surface area contributed by atoms with Crippen molar-refractivity contribution in [2.75, 3.05) is 13.1 Å². The third kappa shape index (κ3) is 6.78. The number of guanidine groups is 1. The highest BCUT2D eigenvalue weighted by molar-refractivity contribution is 6.16. The first kappa shape index (κ1) is 28.1. The number of carbonyl (C=O) groups excluding carboxylic acids is 3. The van der Waals surface area contributed by atoms with Crippen molar-refractivity contribution in [1.82, 2.24) is 0 Å². The SMILES string of the molecule is CC(CC(=O)C(N)CCCN=C(N)N)(C(=O)CN)C(N)(C(=O)O)C(=O)C(N)CC(=O)O. The van der Waals surface area contributed by atoms with Gasteiger partial charge < -0.3 is 44.6 Å². The molecule has 4 atom stereocenters. The molecule has 14 nitrogen and oxygen atoms in total. The lowest BCUT2D eigenvalue weighted by molar-refractivity contribution is -0.161. The Balaban J connectivity index is 5.95. The van der Waals surface area contributed by atoms with Crippen molar-refractivity contribution in [3.63, 3.8) is 0 Å². The maximum Gasteiger partial charge on any atom is 0.332 e. The van der Waals surface area contributed by atoms with E-state index in [-0.39, 0.29) is 18.9 Å². The smallest absolute Gasteiger partial charge is 0.332 e. The molecule has 0 saturated carbocycles. The van der Waals surface area contributed by atoms with Crippen molar-refractivity contribution in [2.24, 2.45) is 44.8 Å². The van der Waals surface area contributed by atoms with Crippen LogP contribution in [0.1, 0.15) is 32.6 Å². The number of aliphatic carboxylic acids is 2. The minimum Gasteiger partial charge on any atom is -0.481 e. The largest absolute Gasteiger partial charge is 0.481 e. The summed E-state index contributed by atoms with van der Waals surface area (Å²) in [6.07, 6.45) is -1.36. The van der Waals surface area contributed by atoms with E-state index in [0.717, 1.165) is 6.92 Å². The number of hydrogen-bond donors (Lipinski definition) is 8. The van der Waals surface area contributed by atoms with Gasteiger partial charge in [0.1, 0.15) is 0 Å². The monoisotopic (exact) mass is 445 g/mol. The molecule has 176 valence electrons. The molecule has 4 unspecified atom stereocenters. The predicted molar refractivity (Wildman–Crippen MR) is 109 cm³/mol. The van der Waals surface area contributed by atoms with Crippen LogP contribution in [0.5, 0.6) is 0 Å². The zero-order chi connectivity index (χ0) is 24.6. The standard InChI is InChI=1S/C17H31N7O7/c1-16(11(26)7-18,6-10(25)8(19)3-2-4-24-15(21)22)17(23,14(30)31)13(29)9(20)5-12(27)28/h8-9H,2-7,18-20,23H2,1H3,(H,27,28)(H,30,31)(H4,21,22,24). The number of aliphatic imine (C=N–C) groups is 1. The van der Waals surface area contributed by atoms with E-state index in [1.54, 1.807) is 0 Å². The molecule has 0 heterocycles. The van der Waals surface area contributed by atoms with Crippen LogP contribution >= 0.6 is 0 Å². The molecule has 14 heteroatoms. The van der Waals surface area contributed by atoms with Gasteiger partial charge in [-0.3, -0.25) is 24.2 Å². The zero-order valence-corrected chi connectivity index (χ0v) is 17.2. The van der Waals surface area contributed by atoms with Crippen LogP contribution in [-0.2, 0) is 24.0 Å². The Morgan fingerprint density at radius 2 is 1.58 bits per heavy atom. The molecule has 0 radical (unpaired) electrons. The summed E-state index contributed by atoms with van der Waals surface area (Å²) < 4.78 is 0. The van der Waals surface area contributed by atoms with Crippen LogP contribution in [0.2, 0.25) is 0 Å². The zero-order valence-electron chi connectivity index (χ0n) is 17.2. The van der Waals surface area contributed by atoms with E-state index < -0.39 is 71.7 Å². The van der Waals surface area contributed by atoms with Crippen molar-refractivity contribution in [1.29, 1.82) is 0 Å². The van der Waals surface area contributed by atoms with Gasteiger partial charge in [0, 0.05) is 13.0 Å². The van der Waals surface area contributed by atoms with Crippen LogP contribution in [0.4, 0.5) is 0 Å². The quantitative estimate of drug-likeness (QED) is 0.0516. The van der Waals surface area contributed by atoms with Crippen LogP contribution in [-0.4, -0.2) is 76.2 Å². The third-order valence-corrected chi connectivity index (χ3v) is 5.04. The maximum atomic E-state index is 12.8. The molecule has 0 bridgehead atoms. The lowest BCUT2D eigenvalue weighted by atomic mass is 9.62. The fourth-order valence-electron chi connectivity index (χ4n) is 3.03. The van der Waals surface area contributed by atoms with Gasteiger partial charge in [0.2, 0.25) is 0 Å². The molecule has 0 fully saturated rings. The predicted octanol–water partition coefficient (Wildman–Crippen LogP) is -3.99. The Bertz CT molecular complexity index is 753. The van der Waals surface area contributed by atoms with Crippen LogP contribution in [0.25, 0.3) is 0 Å². The number of carbonyl (C=O) groups is 5. The van der Waals surface area contributed by atoms with E-state index in [9.17, 15) is 29.1 Å². The lowest BCUT2D eigenvalue weighted by Crippen LogP contribution is -2.72. The summed E-state index contributed by atoms with van der Waals surface area (Å²) in [5, 5.41) is 18.6. The minimum atomic E-state index is -3.02. The highest BCUT2D eigenvalue weighted by atomic mass is 16.4. The van der Waals surface area contributed by atoms with Gasteiger partial charge >= 0.3 is 11.9 Å². The van der Waals surface area contributed by atoms with Crippen LogP contribution in [0, 0.1) is 5.41 Å². The Morgan fingerprint density at radius 3 is 2.00 bits per heavy atom. The van der Waals surface area contributed by atoms with Crippen molar-refractivity contribution >= 4 is 35.2 Å². The number of hydrogen-bond acceptors (Lipinski definition) is 10. The maximum absolute atomic E-state index is 12.8. The summed E-state index contributed by atoms with van der Waals surface area (Å²) >= 11 is 0. The molecule has 0 spiro atoms. The van der Waals surface area contributed by atoms with E-state index in [1.807, 2.05) is 0 Å². The fourth-order valence-corrected chi connectivity index (χ4v) is 3.03. The van der Waals surface area contributed by atoms with E-state index in [0.29, 0.717) is 6.42 Å². The van der Waals surface area contributed by atoms with Crippen LogP contribution in [0.15, 0.2) is 4.99 Å². The van der Waals surface area contributed by atoms with Gasteiger partial charge in [0.25, 0.3) is 0 Å². The number of carboxylic acid groups (broad SMARTS) is 2. The summed E-state index contributed by atoms with van der Waals surface area (Å²) in [6.45, 7) is 0.434. The van der Waals surface area contributed by atoms with E-state index in [4.69, 9.17) is 39.5 Å². The van der Waals surface area contributed by atoms with Gasteiger partial charge in [0.05, 0.1) is 30.5 Å². The first-order valence-electron chi connectivity index (χ1n) is 9.26. The average molecular weight is 445 g/mol. The molecule has 0 amide bonds. The summed E-state index contributed by atoms with van der Waals surface area (Å²) in [5.41, 5.74) is 27.6. The Hall–Kier alpha value is -2.94. The van der Waals surface area contributed by atoms with Gasteiger partial charge in [-0.1, -0.05) is 0 Å². The lowest BCUT2D eigenvalue weighted by Gasteiger charge is -2.41. The molecular weight excluding hydrogens is 414 g/mol. The van der Waals surface area contributed by atoms with E-state index in [1.165, 1.54) is 0 Å². The molecule has 0 aromatic rings. The van der Waals surface area contributed by atoms with Crippen molar-refractivity contribution in [3.8, 4) is 0 Å². The first-order valence-corrected chi connectivity index (χ1v) is 9.26.